The highest BCUT2D eigenvalue weighted by atomic mass is 32.2. The summed E-state index contributed by atoms with van der Waals surface area (Å²) in [6, 6.07) is 12.1. The SMILES string of the molecule is Cc1cc(NC(=O)C2CCCCN2S(=O)(=O)c2cccs2)n(-c2nc3ccccc3s2)n1. The zero-order valence-electron chi connectivity index (χ0n) is 17.3. The maximum atomic E-state index is 13.3. The number of sulfonamides is 1. The van der Waals surface area contributed by atoms with Crippen molar-refractivity contribution in [2.24, 2.45) is 0 Å². The lowest BCUT2D eigenvalue weighted by Crippen LogP contribution is -2.49. The van der Waals surface area contributed by atoms with Crippen molar-refractivity contribution in [3.63, 3.8) is 0 Å². The summed E-state index contributed by atoms with van der Waals surface area (Å²) >= 11 is 2.64. The second-order valence-electron chi connectivity index (χ2n) is 7.60. The third-order valence-electron chi connectivity index (χ3n) is 5.36. The van der Waals surface area contributed by atoms with Crippen LogP contribution in [0.1, 0.15) is 25.0 Å². The Labute approximate surface area is 193 Å². The van der Waals surface area contributed by atoms with Crippen LogP contribution >= 0.6 is 22.7 Å². The van der Waals surface area contributed by atoms with Crippen LogP contribution in [-0.4, -0.2) is 46.0 Å². The molecule has 4 heterocycles. The number of carbonyl (C=O) groups excluding carboxylic acids is 1. The van der Waals surface area contributed by atoms with Crippen molar-refractivity contribution in [1.29, 1.82) is 0 Å². The predicted molar refractivity (Wildman–Crippen MR) is 126 cm³/mol. The van der Waals surface area contributed by atoms with E-state index in [2.05, 4.69) is 15.4 Å². The van der Waals surface area contributed by atoms with Crippen LogP contribution in [0.3, 0.4) is 0 Å². The number of benzene rings is 1. The smallest absolute Gasteiger partial charge is 0.253 e. The highest BCUT2D eigenvalue weighted by Gasteiger charge is 2.38. The molecule has 1 atom stereocenters. The molecule has 0 aliphatic carbocycles. The van der Waals surface area contributed by atoms with Crippen molar-refractivity contribution in [1.82, 2.24) is 19.1 Å². The van der Waals surface area contributed by atoms with Crippen LogP contribution in [0.5, 0.6) is 0 Å². The largest absolute Gasteiger partial charge is 0.309 e. The third-order valence-corrected chi connectivity index (χ3v) is 9.65. The van der Waals surface area contributed by atoms with Crippen LogP contribution in [0.2, 0.25) is 0 Å². The molecule has 1 amide bonds. The van der Waals surface area contributed by atoms with Gasteiger partial charge < -0.3 is 5.32 Å². The van der Waals surface area contributed by atoms with E-state index < -0.39 is 16.1 Å². The van der Waals surface area contributed by atoms with Crippen molar-refractivity contribution < 1.29 is 13.2 Å². The Kier molecular flexibility index (Phi) is 5.58. The number of aryl methyl sites for hydroxylation is 1. The molecule has 1 aliphatic heterocycles. The van der Waals surface area contributed by atoms with E-state index >= 15 is 0 Å². The Morgan fingerprint density at radius 3 is 2.81 bits per heavy atom. The maximum absolute atomic E-state index is 13.3. The number of hydrogen-bond donors (Lipinski definition) is 1. The highest BCUT2D eigenvalue weighted by molar-refractivity contribution is 7.91. The fourth-order valence-electron chi connectivity index (χ4n) is 3.88. The zero-order chi connectivity index (χ0) is 22.3. The molecular weight excluding hydrogens is 466 g/mol. The third kappa shape index (κ3) is 3.85. The predicted octanol–water partition coefficient (Wildman–Crippen LogP) is 4.03. The lowest BCUT2D eigenvalue weighted by atomic mass is 10.0. The first-order valence-corrected chi connectivity index (χ1v) is 13.4. The van der Waals surface area contributed by atoms with Gasteiger partial charge in [0, 0.05) is 12.6 Å². The quantitative estimate of drug-likeness (QED) is 0.458. The Bertz CT molecular complexity index is 1340. The van der Waals surface area contributed by atoms with Gasteiger partial charge in [-0.05, 0) is 43.3 Å². The Morgan fingerprint density at radius 1 is 1.19 bits per heavy atom. The molecule has 1 aromatic carbocycles. The lowest BCUT2D eigenvalue weighted by molar-refractivity contribution is -0.120. The number of carbonyl (C=O) groups is 1. The average Bonchev–Trinajstić information content (AvgIpc) is 3.53. The number of piperidine rings is 1. The van der Waals surface area contributed by atoms with Gasteiger partial charge in [0.15, 0.2) is 0 Å². The van der Waals surface area contributed by atoms with Gasteiger partial charge in [0.05, 0.1) is 15.9 Å². The van der Waals surface area contributed by atoms with E-state index in [1.165, 1.54) is 15.6 Å². The van der Waals surface area contributed by atoms with E-state index in [1.54, 1.807) is 28.3 Å². The summed E-state index contributed by atoms with van der Waals surface area (Å²) in [6.45, 7) is 2.17. The van der Waals surface area contributed by atoms with E-state index in [4.69, 9.17) is 0 Å². The van der Waals surface area contributed by atoms with Gasteiger partial charge in [0.25, 0.3) is 10.0 Å². The van der Waals surface area contributed by atoms with Gasteiger partial charge in [-0.25, -0.2) is 13.4 Å². The summed E-state index contributed by atoms with van der Waals surface area (Å²) in [5.74, 6) is 0.123. The molecule has 8 nitrogen and oxygen atoms in total. The first-order valence-electron chi connectivity index (χ1n) is 10.2. The molecular formula is C21H21N5O3S3. The number of anilines is 1. The summed E-state index contributed by atoms with van der Waals surface area (Å²) in [7, 11) is -3.72. The number of para-hydroxylation sites is 1. The minimum Gasteiger partial charge on any atom is -0.309 e. The molecule has 0 spiro atoms. The van der Waals surface area contributed by atoms with E-state index in [0.29, 0.717) is 23.9 Å². The molecule has 166 valence electrons. The molecule has 4 aromatic rings. The van der Waals surface area contributed by atoms with Crippen molar-refractivity contribution in [3.05, 3.63) is 53.5 Å². The van der Waals surface area contributed by atoms with E-state index in [1.807, 2.05) is 31.2 Å². The number of nitrogens with zero attached hydrogens (tertiary/aromatic N) is 4. The van der Waals surface area contributed by atoms with Crippen LogP contribution in [0, 0.1) is 6.92 Å². The lowest BCUT2D eigenvalue weighted by Gasteiger charge is -2.33. The monoisotopic (exact) mass is 487 g/mol. The fourth-order valence-corrected chi connectivity index (χ4v) is 7.58. The van der Waals surface area contributed by atoms with E-state index in [9.17, 15) is 13.2 Å². The molecule has 1 N–H and O–H groups in total. The number of hydrogen-bond acceptors (Lipinski definition) is 7. The number of amides is 1. The van der Waals surface area contributed by atoms with Crippen molar-refractivity contribution in [3.8, 4) is 5.13 Å². The number of thiazole rings is 1. The molecule has 1 fully saturated rings. The van der Waals surface area contributed by atoms with Gasteiger partial charge >= 0.3 is 0 Å². The van der Waals surface area contributed by atoms with Crippen molar-refractivity contribution >= 4 is 54.6 Å². The molecule has 1 aliphatic rings. The topological polar surface area (TPSA) is 97.2 Å². The first kappa shape index (κ1) is 21.3. The van der Waals surface area contributed by atoms with Crippen LogP contribution < -0.4 is 5.32 Å². The van der Waals surface area contributed by atoms with Crippen LogP contribution in [-0.2, 0) is 14.8 Å². The molecule has 0 bridgehead atoms. The van der Waals surface area contributed by atoms with Crippen LogP contribution in [0.25, 0.3) is 15.3 Å². The van der Waals surface area contributed by atoms with Gasteiger partial charge in [0.1, 0.15) is 16.1 Å². The summed E-state index contributed by atoms with van der Waals surface area (Å²) < 4.78 is 30.5. The molecule has 1 saturated heterocycles. The normalized spacial score (nSPS) is 17.6. The molecule has 32 heavy (non-hydrogen) atoms. The summed E-state index contributed by atoms with van der Waals surface area (Å²) in [5, 5.41) is 9.79. The maximum Gasteiger partial charge on any atom is 0.253 e. The average molecular weight is 488 g/mol. The van der Waals surface area contributed by atoms with E-state index in [0.717, 1.165) is 40.1 Å². The minimum absolute atomic E-state index is 0.257. The Morgan fingerprint density at radius 2 is 2.03 bits per heavy atom. The van der Waals surface area contributed by atoms with Gasteiger partial charge in [0.2, 0.25) is 11.0 Å². The van der Waals surface area contributed by atoms with Gasteiger partial charge in [-0.15, -0.1) is 11.3 Å². The van der Waals surface area contributed by atoms with Crippen molar-refractivity contribution in [2.75, 3.05) is 11.9 Å². The number of thiophene rings is 1. The zero-order valence-corrected chi connectivity index (χ0v) is 19.7. The minimum atomic E-state index is -3.72. The Balaban J connectivity index is 1.44. The summed E-state index contributed by atoms with van der Waals surface area (Å²) in [5.41, 5.74) is 1.59. The van der Waals surface area contributed by atoms with Gasteiger partial charge in [-0.3, -0.25) is 4.79 Å². The van der Waals surface area contributed by atoms with E-state index in [-0.39, 0.29) is 10.1 Å². The molecule has 11 heteroatoms. The summed E-state index contributed by atoms with van der Waals surface area (Å²) in [6.07, 6.45) is 2.01. The Hall–Kier alpha value is -2.60. The van der Waals surface area contributed by atoms with Crippen LogP contribution in [0.15, 0.2) is 52.1 Å². The summed E-state index contributed by atoms with van der Waals surface area (Å²) in [4.78, 5) is 17.9. The second kappa shape index (κ2) is 8.39. The highest BCUT2D eigenvalue weighted by Crippen LogP contribution is 2.30. The number of rotatable bonds is 5. The van der Waals surface area contributed by atoms with Gasteiger partial charge in [-0.1, -0.05) is 36.0 Å². The van der Waals surface area contributed by atoms with Crippen LogP contribution in [0.4, 0.5) is 5.82 Å². The molecule has 5 rings (SSSR count). The fraction of sp³-hybridized carbons (Fsp3) is 0.286. The molecule has 1 unspecified atom stereocenters. The molecule has 0 radical (unpaired) electrons. The standard InChI is InChI=1S/C21H21N5O3S3/c1-14-13-18(26(24-14)21-22-15-7-2-3-9-17(15)31-21)23-20(27)16-8-4-5-11-25(16)32(28,29)19-10-6-12-30-19/h2-3,6-7,9-10,12-13,16H,4-5,8,11H2,1H3,(H,23,27). The van der Waals surface area contributed by atoms with Crippen molar-refractivity contribution in [2.45, 2.75) is 36.4 Å². The number of aromatic nitrogens is 3. The second-order valence-corrected chi connectivity index (χ2v) is 11.7. The molecule has 3 aromatic heterocycles. The van der Waals surface area contributed by atoms with Gasteiger partial charge in [-0.2, -0.15) is 14.1 Å². The number of fused-ring (bicyclic) bond motifs is 1. The first-order chi connectivity index (χ1) is 15.4. The number of nitrogens with one attached hydrogen (secondary N) is 1. The molecule has 0 saturated carbocycles.